The molecule has 0 aliphatic carbocycles. The summed E-state index contributed by atoms with van der Waals surface area (Å²) in [5.41, 5.74) is 0.687. The number of aromatic nitrogens is 3. The lowest BCUT2D eigenvalue weighted by molar-refractivity contribution is -0.127. The number of urea groups is 1. The lowest BCUT2D eigenvalue weighted by Crippen LogP contribution is -2.33. The Kier molecular flexibility index (Phi) is 5.50. The van der Waals surface area contributed by atoms with E-state index in [0.717, 1.165) is 5.75 Å². The van der Waals surface area contributed by atoms with Gasteiger partial charge in [-0.1, -0.05) is 23.4 Å². The molecular weight excluding hydrogens is 334 g/mol. The average molecular weight is 357 g/mol. The topological polar surface area (TPSA) is 89.4 Å². The molecular formula is C18H23N5O3. The van der Waals surface area contributed by atoms with Gasteiger partial charge in [0.2, 0.25) is 0 Å². The summed E-state index contributed by atoms with van der Waals surface area (Å²) >= 11 is 0. The Morgan fingerprint density at radius 1 is 1.23 bits per heavy atom. The van der Waals surface area contributed by atoms with Crippen molar-refractivity contribution < 1.29 is 14.3 Å². The predicted molar refractivity (Wildman–Crippen MR) is 94.7 cm³/mol. The zero-order valence-corrected chi connectivity index (χ0v) is 15.0. The smallest absolute Gasteiger partial charge is 0.324 e. The summed E-state index contributed by atoms with van der Waals surface area (Å²) in [6.07, 6.45) is 2.72. The molecule has 2 aromatic rings. The summed E-state index contributed by atoms with van der Waals surface area (Å²) in [6.45, 7) is 4.77. The van der Waals surface area contributed by atoms with E-state index < -0.39 is 6.04 Å². The number of nitrogens with one attached hydrogen (secondary N) is 1. The van der Waals surface area contributed by atoms with E-state index >= 15 is 0 Å². The van der Waals surface area contributed by atoms with Crippen LogP contribution in [0.4, 0.5) is 4.79 Å². The highest BCUT2D eigenvalue weighted by atomic mass is 16.5. The quantitative estimate of drug-likeness (QED) is 0.575. The molecule has 1 aliphatic heterocycles. The van der Waals surface area contributed by atoms with Gasteiger partial charge in [0, 0.05) is 25.2 Å². The van der Waals surface area contributed by atoms with E-state index in [1.807, 2.05) is 44.2 Å². The van der Waals surface area contributed by atoms with Gasteiger partial charge >= 0.3 is 6.03 Å². The molecule has 8 heteroatoms. The average Bonchev–Trinajstić information content (AvgIpc) is 3.19. The number of hydrogen-bond donors (Lipinski definition) is 1. The van der Waals surface area contributed by atoms with Crippen LogP contribution in [-0.2, 0) is 11.2 Å². The van der Waals surface area contributed by atoms with E-state index in [-0.39, 0.29) is 18.0 Å². The second-order valence-electron chi connectivity index (χ2n) is 6.49. The Morgan fingerprint density at radius 2 is 2.00 bits per heavy atom. The monoisotopic (exact) mass is 357 g/mol. The molecule has 1 N–H and O–H groups in total. The second kappa shape index (κ2) is 7.99. The van der Waals surface area contributed by atoms with Crippen molar-refractivity contribution in [3.05, 3.63) is 42.2 Å². The van der Waals surface area contributed by atoms with Crippen molar-refractivity contribution in [1.82, 2.24) is 25.2 Å². The number of carbonyl (C=O) groups is 2. The van der Waals surface area contributed by atoms with Crippen molar-refractivity contribution >= 4 is 11.9 Å². The molecule has 26 heavy (non-hydrogen) atoms. The standard InChI is InChI=1S/C18H23N5O3/c1-13(2)23-12-14(20-21-23)11-16-17(24)22(18(25)19-16)9-6-10-26-15-7-4-3-5-8-15/h3-5,7-8,12-13,16H,6,9-11H2,1-2H3,(H,19,25)/t16-/m1/s1. The minimum Gasteiger partial charge on any atom is -0.494 e. The molecule has 0 spiro atoms. The molecule has 1 saturated heterocycles. The third kappa shape index (κ3) is 4.19. The van der Waals surface area contributed by atoms with Crippen LogP contribution in [-0.4, -0.2) is 51.0 Å². The van der Waals surface area contributed by atoms with Crippen molar-refractivity contribution in [2.45, 2.75) is 38.8 Å². The molecule has 1 fully saturated rings. The second-order valence-corrected chi connectivity index (χ2v) is 6.49. The first-order valence-electron chi connectivity index (χ1n) is 8.75. The van der Waals surface area contributed by atoms with Crippen LogP contribution in [0.5, 0.6) is 5.75 Å². The molecule has 0 bridgehead atoms. The number of nitrogens with zero attached hydrogens (tertiary/aromatic N) is 4. The summed E-state index contributed by atoms with van der Waals surface area (Å²) in [5, 5.41) is 10.8. The summed E-state index contributed by atoms with van der Waals surface area (Å²) in [5.74, 6) is 0.546. The van der Waals surface area contributed by atoms with Crippen molar-refractivity contribution in [2.24, 2.45) is 0 Å². The van der Waals surface area contributed by atoms with Crippen LogP contribution in [0.2, 0.25) is 0 Å². The molecule has 8 nitrogen and oxygen atoms in total. The fourth-order valence-electron chi connectivity index (χ4n) is 2.72. The molecule has 1 aliphatic rings. The van der Waals surface area contributed by atoms with Gasteiger partial charge in [-0.15, -0.1) is 5.10 Å². The van der Waals surface area contributed by atoms with Crippen LogP contribution < -0.4 is 10.1 Å². The first-order valence-corrected chi connectivity index (χ1v) is 8.75. The van der Waals surface area contributed by atoms with Crippen LogP contribution in [0.15, 0.2) is 36.5 Å². The zero-order valence-electron chi connectivity index (χ0n) is 15.0. The summed E-state index contributed by atoms with van der Waals surface area (Å²) < 4.78 is 7.32. The number of carbonyl (C=O) groups excluding carboxylic acids is 2. The lowest BCUT2D eigenvalue weighted by atomic mass is 10.1. The number of amides is 3. The van der Waals surface area contributed by atoms with E-state index in [2.05, 4.69) is 15.6 Å². The van der Waals surface area contributed by atoms with E-state index in [1.165, 1.54) is 4.90 Å². The van der Waals surface area contributed by atoms with Gasteiger partial charge in [-0.3, -0.25) is 9.69 Å². The maximum Gasteiger partial charge on any atom is 0.324 e. The van der Waals surface area contributed by atoms with E-state index in [0.29, 0.717) is 31.7 Å². The Hall–Kier alpha value is -2.90. The van der Waals surface area contributed by atoms with Crippen molar-refractivity contribution in [1.29, 1.82) is 0 Å². The zero-order chi connectivity index (χ0) is 18.5. The fourth-order valence-corrected chi connectivity index (χ4v) is 2.72. The predicted octanol–water partition coefficient (Wildman–Crippen LogP) is 1.79. The normalized spacial score (nSPS) is 17.0. The minimum atomic E-state index is -0.588. The fraction of sp³-hybridized carbons (Fsp3) is 0.444. The van der Waals surface area contributed by atoms with Crippen LogP contribution >= 0.6 is 0 Å². The number of para-hydroxylation sites is 1. The number of ether oxygens (including phenoxy) is 1. The lowest BCUT2D eigenvalue weighted by Gasteiger charge is -2.13. The van der Waals surface area contributed by atoms with E-state index in [1.54, 1.807) is 10.9 Å². The number of benzene rings is 1. The molecule has 3 rings (SSSR count). The largest absolute Gasteiger partial charge is 0.494 e. The van der Waals surface area contributed by atoms with Crippen molar-refractivity contribution in [3.63, 3.8) is 0 Å². The molecule has 1 aromatic carbocycles. The van der Waals surface area contributed by atoms with Crippen LogP contribution in [0.25, 0.3) is 0 Å². The van der Waals surface area contributed by atoms with Crippen molar-refractivity contribution in [2.75, 3.05) is 13.2 Å². The van der Waals surface area contributed by atoms with Crippen LogP contribution in [0.3, 0.4) is 0 Å². The molecule has 1 aromatic heterocycles. The first-order chi connectivity index (χ1) is 12.5. The molecule has 1 atom stereocenters. The molecule has 0 unspecified atom stereocenters. The SMILES string of the molecule is CC(C)n1cc(C[C@H]2NC(=O)N(CCCOc3ccccc3)C2=O)nn1. The highest BCUT2D eigenvalue weighted by molar-refractivity contribution is 6.04. The Morgan fingerprint density at radius 3 is 2.69 bits per heavy atom. The summed E-state index contributed by atoms with van der Waals surface area (Å²) in [6, 6.07) is 8.69. The third-order valence-electron chi connectivity index (χ3n) is 4.15. The van der Waals surface area contributed by atoms with E-state index in [4.69, 9.17) is 4.74 Å². The third-order valence-corrected chi connectivity index (χ3v) is 4.15. The Balaban J connectivity index is 1.48. The maximum atomic E-state index is 12.5. The van der Waals surface area contributed by atoms with Gasteiger partial charge in [-0.05, 0) is 32.4 Å². The summed E-state index contributed by atoms with van der Waals surface area (Å²) in [4.78, 5) is 25.8. The summed E-state index contributed by atoms with van der Waals surface area (Å²) in [7, 11) is 0. The van der Waals surface area contributed by atoms with Gasteiger partial charge in [-0.25, -0.2) is 9.48 Å². The Labute approximate surface area is 152 Å². The molecule has 2 heterocycles. The van der Waals surface area contributed by atoms with Gasteiger partial charge < -0.3 is 10.1 Å². The van der Waals surface area contributed by atoms with Gasteiger partial charge in [0.15, 0.2) is 0 Å². The highest BCUT2D eigenvalue weighted by Gasteiger charge is 2.37. The number of rotatable bonds is 8. The van der Waals surface area contributed by atoms with Crippen LogP contribution in [0, 0.1) is 0 Å². The molecule has 3 amide bonds. The highest BCUT2D eigenvalue weighted by Crippen LogP contribution is 2.13. The Bertz CT molecular complexity index is 759. The van der Waals surface area contributed by atoms with Gasteiger partial charge in [0.1, 0.15) is 11.8 Å². The van der Waals surface area contributed by atoms with Crippen LogP contribution in [0.1, 0.15) is 32.0 Å². The first kappa shape index (κ1) is 17.9. The molecule has 0 saturated carbocycles. The van der Waals surface area contributed by atoms with E-state index in [9.17, 15) is 9.59 Å². The maximum absolute atomic E-state index is 12.5. The van der Waals surface area contributed by atoms with Gasteiger partial charge in [-0.2, -0.15) is 0 Å². The minimum absolute atomic E-state index is 0.200. The van der Waals surface area contributed by atoms with Crippen molar-refractivity contribution in [3.8, 4) is 5.75 Å². The molecule has 0 radical (unpaired) electrons. The molecule has 138 valence electrons. The van der Waals surface area contributed by atoms with Gasteiger partial charge in [0.05, 0.1) is 12.3 Å². The van der Waals surface area contributed by atoms with Gasteiger partial charge in [0.25, 0.3) is 5.91 Å². The number of hydrogen-bond acceptors (Lipinski definition) is 5. The number of imide groups is 1.